The summed E-state index contributed by atoms with van der Waals surface area (Å²) in [5.74, 6) is 0. The molecule has 2 N–H and O–H groups in total. The van der Waals surface area contributed by atoms with E-state index in [4.69, 9.17) is 57.5 Å². The molecule has 22 heteroatoms. The molecule has 0 aliphatic rings. The van der Waals surface area contributed by atoms with Crippen LogP contribution in [0.5, 0.6) is 0 Å². The predicted octanol–water partition coefficient (Wildman–Crippen LogP) is -18.5. The van der Waals surface area contributed by atoms with Crippen molar-refractivity contribution in [2.75, 3.05) is 0 Å². The van der Waals surface area contributed by atoms with E-state index in [9.17, 15) is 0 Å². The van der Waals surface area contributed by atoms with Crippen LogP contribution >= 0.6 is 0 Å². The molecule has 0 saturated heterocycles. The molecule has 13 nitrogen and oxygen atoms in total. The van der Waals surface area contributed by atoms with Crippen LogP contribution in [0.3, 0.4) is 0 Å². The second-order valence-corrected chi connectivity index (χ2v) is 4.50. The standard InChI is InChI=1S/6Mg.3O4Si.H2O/c;;;;;;3*1-5(2,3)4;/h;;;;;;;;;1H2/q6*+2;3*-4;. The van der Waals surface area contributed by atoms with Crippen molar-refractivity contribution < 1.29 is 63.0 Å². The third-order valence-corrected chi connectivity index (χ3v) is 0. The molecule has 0 aromatic rings. The summed E-state index contributed by atoms with van der Waals surface area (Å²) in [6, 6.07) is 0. The minimum atomic E-state index is -5.61. The minimum absolute atomic E-state index is 0. The van der Waals surface area contributed by atoms with Gasteiger partial charge in [-0.15, -0.1) is 0 Å². The van der Waals surface area contributed by atoms with Crippen LogP contribution in [-0.2, 0) is 0 Å². The van der Waals surface area contributed by atoms with Gasteiger partial charge in [0.2, 0.25) is 0 Å². The van der Waals surface area contributed by atoms with Crippen LogP contribution in [0, 0.1) is 0 Å². The molecule has 0 unspecified atom stereocenters. The van der Waals surface area contributed by atoms with Gasteiger partial charge in [-0.05, 0) is 0 Å². The second-order valence-electron chi connectivity index (χ2n) is 1.50. The molecule has 0 aliphatic carbocycles. The minimum Gasteiger partial charge on any atom is -0.894 e. The molecule has 0 rings (SSSR count). The van der Waals surface area contributed by atoms with Gasteiger partial charge in [-0.25, -0.2) is 0 Å². The van der Waals surface area contributed by atoms with E-state index in [0.717, 1.165) is 0 Å². The number of rotatable bonds is 0. The molecule has 0 spiro atoms. The molecule has 0 aromatic carbocycles. The summed E-state index contributed by atoms with van der Waals surface area (Å²) in [7, 11) is -16.8. The molecule has 0 radical (unpaired) electrons. The topological polar surface area (TPSA) is 308 Å². The van der Waals surface area contributed by atoms with E-state index in [1.165, 1.54) is 0 Å². The van der Waals surface area contributed by atoms with Gasteiger partial charge in [0, 0.05) is 0 Å². The molecular formula is H2Mg6O13Si3. The van der Waals surface area contributed by atoms with Gasteiger partial charge in [0.1, 0.15) is 0 Å². The van der Waals surface area contributed by atoms with E-state index >= 15 is 0 Å². The Hall–Kier alpha value is 4.73. The molecule has 104 valence electrons. The summed E-state index contributed by atoms with van der Waals surface area (Å²) in [4.78, 5) is 103. The first-order valence-corrected chi connectivity index (χ1v) is 7.35. The first kappa shape index (κ1) is 63.2. The summed E-state index contributed by atoms with van der Waals surface area (Å²) in [6.45, 7) is 0. The maximum Gasteiger partial charge on any atom is 2.00 e. The van der Waals surface area contributed by atoms with E-state index in [-0.39, 0.29) is 144 Å². The van der Waals surface area contributed by atoms with Crippen molar-refractivity contribution in [1.29, 1.82) is 0 Å². The third-order valence-electron chi connectivity index (χ3n) is 0. The van der Waals surface area contributed by atoms with E-state index in [1.807, 2.05) is 0 Å². The second kappa shape index (κ2) is 30.5. The van der Waals surface area contributed by atoms with Gasteiger partial charge in [0.25, 0.3) is 0 Å². The van der Waals surface area contributed by atoms with Gasteiger partial charge >= 0.3 is 138 Å². The number of hydrogen-bond donors (Lipinski definition) is 0. The molecule has 0 aromatic heterocycles. The van der Waals surface area contributed by atoms with Crippen molar-refractivity contribution in [1.82, 2.24) is 0 Å². The van der Waals surface area contributed by atoms with Crippen molar-refractivity contribution in [2.24, 2.45) is 0 Å². The summed E-state index contributed by atoms with van der Waals surface area (Å²) in [5.41, 5.74) is 0. The van der Waals surface area contributed by atoms with Crippen LogP contribution in [0.4, 0.5) is 0 Å². The quantitative estimate of drug-likeness (QED) is 0.317. The fourth-order valence-electron chi connectivity index (χ4n) is 0. The average Bonchev–Trinajstić information content (AvgIpc) is 1.41. The zero-order valence-corrected chi connectivity index (χ0v) is 22.6. The Labute approximate surface area is 225 Å². The Morgan fingerprint density at radius 1 is 0.273 bits per heavy atom. The molecule has 0 bridgehead atoms. The van der Waals surface area contributed by atoms with Crippen LogP contribution in [0.1, 0.15) is 0 Å². The van der Waals surface area contributed by atoms with Crippen molar-refractivity contribution in [3.05, 3.63) is 0 Å². The van der Waals surface area contributed by atoms with Crippen LogP contribution in [0.25, 0.3) is 0 Å². The molecule has 0 fully saturated rings. The Morgan fingerprint density at radius 2 is 0.273 bits per heavy atom. The predicted molar refractivity (Wildman–Crippen MR) is 55.4 cm³/mol. The Kier molecular flexibility index (Phi) is 87.5. The maximum absolute atomic E-state index is 8.58. The third kappa shape index (κ3) is 623. The maximum atomic E-state index is 8.58. The number of hydrogen-bond acceptors (Lipinski definition) is 12. The van der Waals surface area contributed by atoms with Gasteiger partial charge in [0.05, 0.1) is 0 Å². The van der Waals surface area contributed by atoms with E-state index in [0.29, 0.717) is 0 Å². The monoisotopic (exact) mass is 438 g/mol. The fraction of sp³-hybridized carbons (Fsp3) is 0. The molecule has 0 heterocycles. The van der Waals surface area contributed by atoms with Gasteiger partial charge in [-0.2, -0.15) is 0 Å². The van der Waals surface area contributed by atoms with Crippen molar-refractivity contribution >= 4 is 165 Å². The van der Waals surface area contributed by atoms with E-state index in [1.54, 1.807) is 0 Å². The normalized spacial score (nSPS) is 8.18. The zero-order valence-electron chi connectivity index (χ0n) is 11.1. The van der Waals surface area contributed by atoms with Gasteiger partial charge in [-0.3, -0.25) is 0 Å². The zero-order chi connectivity index (χ0) is 13.5. The molecule has 0 saturated carbocycles. The molecule has 0 aliphatic heterocycles. The van der Waals surface area contributed by atoms with Gasteiger partial charge in [0.15, 0.2) is 0 Å². The summed E-state index contributed by atoms with van der Waals surface area (Å²) >= 11 is 0. The SMILES string of the molecule is O.[Mg+2].[Mg+2].[Mg+2].[Mg+2].[Mg+2].[Mg+2].[O-][Si]([O-])([O-])[O-].[O-][Si]([O-])([O-])[O-].[O-][Si]([O-])([O-])[O-]. The van der Waals surface area contributed by atoms with E-state index in [2.05, 4.69) is 0 Å². The Bertz CT molecular complexity index is 105. The summed E-state index contributed by atoms with van der Waals surface area (Å²) in [5, 5.41) is 0. The Balaban J connectivity index is -0.0000000106. The Morgan fingerprint density at radius 3 is 0.273 bits per heavy atom. The van der Waals surface area contributed by atoms with Crippen molar-refractivity contribution in [3.63, 3.8) is 0 Å². The van der Waals surface area contributed by atoms with Crippen molar-refractivity contribution in [2.45, 2.75) is 0 Å². The van der Waals surface area contributed by atoms with Crippen LogP contribution in [0.2, 0.25) is 0 Å². The summed E-state index contributed by atoms with van der Waals surface area (Å²) in [6.07, 6.45) is 0. The molecule has 0 amide bonds. The summed E-state index contributed by atoms with van der Waals surface area (Å²) < 4.78 is 0. The first-order chi connectivity index (χ1) is 6.00. The van der Waals surface area contributed by atoms with E-state index < -0.39 is 27.1 Å². The largest absolute Gasteiger partial charge is 2.00 e. The smallest absolute Gasteiger partial charge is 0.894 e. The van der Waals surface area contributed by atoms with Crippen LogP contribution in [-0.4, -0.2) is 171 Å². The van der Waals surface area contributed by atoms with Crippen LogP contribution in [0.15, 0.2) is 0 Å². The average molecular weight is 440 g/mol. The van der Waals surface area contributed by atoms with Crippen molar-refractivity contribution in [3.8, 4) is 0 Å². The van der Waals surface area contributed by atoms with Gasteiger partial charge in [-0.1, -0.05) is 0 Å². The van der Waals surface area contributed by atoms with Gasteiger partial charge < -0.3 is 90.2 Å². The van der Waals surface area contributed by atoms with Crippen LogP contribution < -0.4 is 57.5 Å². The first-order valence-electron chi connectivity index (χ1n) is 2.45. The molecular weight excluding hydrogens is 438 g/mol. The fourth-order valence-corrected chi connectivity index (χ4v) is 0. The molecule has 22 heavy (non-hydrogen) atoms. The molecule has 0 atom stereocenters.